The maximum atomic E-state index is 5.97. The van der Waals surface area contributed by atoms with Crippen molar-refractivity contribution in [1.29, 1.82) is 0 Å². The molecule has 2 atom stereocenters. The number of nitrogens with zero attached hydrogens (tertiary/aromatic N) is 2. The Bertz CT molecular complexity index is 229. The summed E-state index contributed by atoms with van der Waals surface area (Å²) in [5.41, 5.74) is 5.97. The van der Waals surface area contributed by atoms with Crippen molar-refractivity contribution in [2.45, 2.75) is 25.8 Å². The Morgan fingerprint density at radius 1 is 1.47 bits per heavy atom. The summed E-state index contributed by atoms with van der Waals surface area (Å²) in [5, 5.41) is 0. The molecular weight excluding hydrogens is 321 g/mol. The second-order valence-corrected chi connectivity index (χ2v) is 5.28. The minimum atomic E-state index is 0. The number of aliphatic imine (C=N–C) groups is 1. The molecule has 2 aliphatic rings. The highest BCUT2D eigenvalue weighted by Gasteiger charge is 2.35. The fourth-order valence-electron chi connectivity index (χ4n) is 1.87. The summed E-state index contributed by atoms with van der Waals surface area (Å²) in [6.07, 6.45) is 2.50. The Morgan fingerprint density at radius 3 is 2.67 bits per heavy atom. The molecule has 0 aromatic heterocycles. The second kappa shape index (κ2) is 6.18. The van der Waals surface area contributed by atoms with E-state index in [-0.39, 0.29) is 24.0 Å². The number of hydrogen-bond acceptors (Lipinski definition) is 2. The Kier molecular flexibility index (Phi) is 5.52. The third-order valence-electron chi connectivity index (χ3n) is 3.04. The van der Waals surface area contributed by atoms with Crippen molar-refractivity contribution in [3.63, 3.8) is 0 Å². The zero-order valence-electron chi connectivity index (χ0n) is 9.19. The molecule has 3 nitrogen and oxygen atoms in total. The van der Waals surface area contributed by atoms with Gasteiger partial charge in [-0.3, -0.25) is 0 Å². The highest BCUT2D eigenvalue weighted by molar-refractivity contribution is 14.0. The summed E-state index contributed by atoms with van der Waals surface area (Å²) in [7, 11) is 0. The van der Waals surface area contributed by atoms with Gasteiger partial charge < -0.3 is 10.6 Å². The van der Waals surface area contributed by atoms with Crippen LogP contribution in [-0.2, 0) is 0 Å². The third kappa shape index (κ3) is 3.69. The van der Waals surface area contributed by atoms with Crippen LogP contribution < -0.4 is 5.73 Å². The molecule has 0 unspecified atom stereocenters. The molecule has 2 N–H and O–H groups in total. The van der Waals surface area contributed by atoms with Gasteiger partial charge in [0.2, 0.25) is 0 Å². The fraction of sp³-hybridized carbons (Fsp3) is 0.900. The van der Waals surface area contributed by atoms with E-state index >= 15 is 0 Å². The lowest BCUT2D eigenvalue weighted by Gasteiger charge is -2.27. The Hall–Kier alpha value is 0.350. The van der Waals surface area contributed by atoms with Crippen molar-refractivity contribution in [2.75, 3.05) is 24.6 Å². The lowest BCUT2D eigenvalue weighted by molar-refractivity contribution is 0.455. The maximum absolute atomic E-state index is 5.97. The lowest BCUT2D eigenvalue weighted by atomic mass is 10.3. The normalized spacial score (nSPS) is 31.0. The van der Waals surface area contributed by atoms with Crippen LogP contribution in [0.15, 0.2) is 4.99 Å². The van der Waals surface area contributed by atoms with Crippen molar-refractivity contribution >= 4 is 41.7 Å². The number of thioether (sulfide) groups is 1. The SMILES string of the molecule is CC[C@@H]1C[C@H]1N=C(N)N1CCSCC1.I. The van der Waals surface area contributed by atoms with Crippen LogP contribution in [0.2, 0.25) is 0 Å². The first-order chi connectivity index (χ1) is 6.81. The van der Waals surface area contributed by atoms with Gasteiger partial charge in [-0.05, 0) is 12.3 Å². The molecule has 0 aromatic carbocycles. The van der Waals surface area contributed by atoms with Crippen LogP contribution >= 0.6 is 35.7 Å². The van der Waals surface area contributed by atoms with Crippen LogP contribution in [0.25, 0.3) is 0 Å². The average Bonchev–Trinajstić information content (AvgIpc) is 2.98. The van der Waals surface area contributed by atoms with Crippen molar-refractivity contribution in [3.05, 3.63) is 0 Å². The first-order valence-electron chi connectivity index (χ1n) is 5.47. The van der Waals surface area contributed by atoms with E-state index in [1.807, 2.05) is 11.8 Å². The molecule has 0 radical (unpaired) electrons. The maximum Gasteiger partial charge on any atom is 0.191 e. The van der Waals surface area contributed by atoms with E-state index in [0.717, 1.165) is 25.0 Å². The average molecular weight is 341 g/mol. The van der Waals surface area contributed by atoms with Gasteiger partial charge >= 0.3 is 0 Å². The van der Waals surface area contributed by atoms with Gasteiger partial charge in [0.25, 0.3) is 0 Å². The highest BCUT2D eigenvalue weighted by atomic mass is 127. The van der Waals surface area contributed by atoms with E-state index < -0.39 is 0 Å². The van der Waals surface area contributed by atoms with Crippen molar-refractivity contribution in [3.8, 4) is 0 Å². The van der Waals surface area contributed by atoms with Crippen molar-refractivity contribution in [1.82, 2.24) is 4.90 Å². The number of rotatable bonds is 2. The third-order valence-corrected chi connectivity index (χ3v) is 3.99. The minimum absolute atomic E-state index is 0. The smallest absolute Gasteiger partial charge is 0.191 e. The quantitative estimate of drug-likeness (QED) is 0.473. The van der Waals surface area contributed by atoms with Gasteiger partial charge in [-0.15, -0.1) is 24.0 Å². The molecular formula is C10H20IN3S. The zero-order chi connectivity index (χ0) is 9.97. The molecule has 1 aliphatic heterocycles. The number of hydrogen-bond donors (Lipinski definition) is 1. The summed E-state index contributed by atoms with van der Waals surface area (Å²) in [6.45, 7) is 4.38. The zero-order valence-corrected chi connectivity index (χ0v) is 12.3. The molecule has 88 valence electrons. The summed E-state index contributed by atoms with van der Waals surface area (Å²) < 4.78 is 0. The predicted molar refractivity (Wildman–Crippen MR) is 78.1 cm³/mol. The molecule has 1 aliphatic carbocycles. The number of guanidine groups is 1. The van der Waals surface area contributed by atoms with E-state index in [1.54, 1.807) is 0 Å². The molecule has 0 spiro atoms. The molecule has 1 heterocycles. The molecule has 2 rings (SSSR count). The number of halogens is 1. The largest absolute Gasteiger partial charge is 0.370 e. The van der Waals surface area contributed by atoms with Gasteiger partial charge in [0.1, 0.15) is 0 Å². The lowest BCUT2D eigenvalue weighted by Crippen LogP contribution is -2.42. The van der Waals surface area contributed by atoms with Gasteiger partial charge in [0.05, 0.1) is 6.04 Å². The summed E-state index contributed by atoms with van der Waals surface area (Å²) in [5.74, 6) is 3.98. The van der Waals surface area contributed by atoms with E-state index in [1.165, 1.54) is 24.3 Å². The van der Waals surface area contributed by atoms with Crippen LogP contribution in [0.3, 0.4) is 0 Å². The monoisotopic (exact) mass is 341 g/mol. The molecule has 0 amide bonds. The molecule has 5 heteroatoms. The topological polar surface area (TPSA) is 41.6 Å². The molecule has 2 fully saturated rings. The molecule has 15 heavy (non-hydrogen) atoms. The van der Waals surface area contributed by atoms with Gasteiger partial charge in [0.15, 0.2) is 5.96 Å². The van der Waals surface area contributed by atoms with E-state index in [9.17, 15) is 0 Å². The van der Waals surface area contributed by atoms with Crippen molar-refractivity contribution in [2.24, 2.45) is 16.6 Å². The van der Waals surface area contributed by atoms with Crippen LogP contribution in [-0.4, -0.2) is 41.5 Å². The highest BCUT2D eigenvalue weighted by Crippen LogP contribution is 2.36. The Labute approximate surface area is 113 Å². The standard InChI is InChI=1S/C10H19N3S.HI/c1-2-8-7-9(8)12-10(11)13-3-5-14-6-4-13;/h8-9H,2-7H2,1H3,(H2,11,12);1H/t8-,9-;/m1./s1. The van der Waals surface area contributed by atoms with Crippen LogP contribution in [0.1, 0.15) is 19.8 Å². The summed E-state index contributed by atoms with van der Waals surface area (Å²) in [6, 6.07) is 0.537. The first kappa shape index (κ1) is 13.4. The van der Waals surface area contributed by atoms with Gasteiger partial charge in [-0.1, -0.05) is 13.3 Å². The number of nitrogens with two attached hydrogens (primary N) is 1. The molecule has 0 bridgehead atoms. The fourth-order valence-corrected chi connectivity index (χ4v) is 2.78. The molecule has 1 saturated carbocycles. The van der Waals surface area contributed by atoms with Crippen molar-refractivity contribution < 1.29 is 0 Å². The Morgan fingerprint density at radius 2 is 2.13 bits per heavy atom. The van der Waals surface area contributed by atoms with Crippen LogP contribution in [0.5, 0.6) is 0 Å². The predicted octanol–water partition coefficient (Wildman–Crippen LogP) is 1.77. The van der Waals surface area contributed by atoms with E-state index in [4.69, 9.17) is 5.73 Å². The minimum Gasteiger partial charge on any atom is -0.370 e. The Balaban J connectivity index is 0.00000112. The second-order valence-electron chi connectivity index (χ2n) is 4.06. The summed E-state index contributed by atoms with van der Waals surface area (Å²) >= 11 is 2.00. The first-order valence-corrected chi connectivity index (χ1v) is 6.62. The van der Waals surface area contributed by atoms with E-state index in [2.05, 4.69) is 16.8 Å². The molecule has 1 saturated heterocycles. The summed E-state index contributed by atoms with van der Waals surface area (Å²) in [4.78, 5) is 6.80. The molecule has 0 aromatic rings. The van der Waals surface area contributed by atoms with Crippen LogP contribution in [0.4, 0.5) is 0 Å². The van der Waals surface area contributed by atoms with Gasteiger partial charge in [-0.25, -0.2) is 4.99 Å². The van der Waals surface area contributed by atoms with Gasteiger partial charge in [0, 0.05) is 24.6 Å². The van der Waals surface area contributed by atoms with E-state index in [0.29, 0.717) is 6.04 Å². The van der Waals surface area contributed by atoms with Crippen LogP contribution in [0, 0.1) is 5.92 Å². The van der Waals surface area contributed by atoms with Gasteiger partial charge in [-0.2, -0.15) is 11.8 Å².